The molecule has 5 fully saturated rings. The molecule has 0 aromatic heterocycles. The van der Waals surface area contributed by atoms with E-state index in [9.17, 15) is 35.4 Å². The second-order valence-corrected chi connectivity index (χ2v) is 12.0. The minimum Gasteiger partial charge on any atom is -0.479 e. The zero-order valence-corrected chi connectivity index (χ0v) is 23.0. The zero-order chi connectivity index (χ0) is 28.8. The number of rotatable bonds is 7. The number of aliphatic carboxylic acids is 1. The third kappa shape index (κ3) is 5.80. The van der Waals surface area contributed by atoms with Gasteiger partial charge in [-0.2, -0.15) is 0 Å². The lowest BCUT2D eigenvalue weighted by Gasteiger charge is -2.49. The van der Waals surface area contributed by atoms with Gasteiger partial charge in [0.1, 0.15) is 42.7 Å². The van der Waals surface area contributed by atoms with Crippen molar-refractivity contribution in [2.45, 2.75) is 139 Å². The number of aliphatic hydroxyl groups is 5. The SMILES string of the molecule is CC[C@@H]1CCC[C@@H](O[C@@H]2OC(CO)[C@H](O)C3O[C@@H](C(=O)O)C4(CCOC32)CC4)C1OC1OC(C)[C@@H](O)C(O)[C@@H]1O. The van der Waals surface area contributed by atoms with Crippen molar-refractivity contribution in [3.63, 3.8) is 0 Å². The topological polar surface area (TPSA) is 194 Å². The molecule has 0 aromatic carbocycles. The van der Waals surface area contributed by atoms with Crippen LogP contribution in [0.15, 0.2) is 0 Å². The van der Waals surface area contributed by atoms with E-state index in [1.165, 1.54) is 0 Å². The molecule has 2 saturated carbocycles. The minimum atomic E-state index is -1.47. The van der Waals surface area contributed by atoms with Gasteiger partial charge >= 0.3 is 5.97 Å². The second-order valence-electron chi connectivity index (χ2n) is 12.0. The molecule has 3 heterocycles. The molecule has 0 amide bonds. The molecular weight excluding hydrogens is 532 g/mol. The highest BCUT2D eigenvalue weighted by Crippen LogP contribution is 2.54. The lowest BCUT2D eigenvalue weighted by Crippen LogP contribution is -2.64. The summed E-state index contributed by atoms with van der Waals surface area (Å²) < 4.78 is 36.6. The number of carbonyl (C=O) groups is 1. The Labute approximate surface area is 233 Å². The number of ether oxygens (including phenoxy) is 6. The van der Waals surface area contributed by atoms with Gasteiger partial charge in [-0.3, -0.25) is 0 Å². The number of carboxylic acids is 1. The molecule has 1 spiro atoms. The van der Waals surface area contributed by atoms with E-state index >= 15 is 0 Å². The van der Waals surface area contributed by atoms with E-state index in [0.29, 0.717) is 25.7 Å². The monoisotopic (exact) mass is 576 g/mol. The van der Waals surface area contributed by atoms with Crippen molar-refractivity contribution < 1.29 is 63.9 Å². The van der Waals surface area contributed by atoms with Gasteiger partial charge in [0.25, 0.3) is 0 Å². The highest BCUT2D eigenvalue weighted by atomic mass is 16.7. The van der Waals surface area contributed by atoms with Crippen LogP contribution in [0.1, 0.15) is 58.8 Å². The first-order chi connectivity index (χ1) is 19.1. The third-order valence-electron chi connectivity index (χ3n) is 9.50. The van der Waals surface area contributed by atoms with Gasteiger partial charge < -0.3 is 59.1 Å². The van der Waals surface area contributed by atoms with Crippen LogP contribution in [-0.2, 0) is 33.2 Å². The summed E-state index contributed by atoms with van der Waals surface area (Å²) in [6.45, 7) is 3.29. The molecule has 13 heteroatoms. The van der Waals surface area contributed by atoms with Gasteiger partial charge in [0.05, 0.1) is 24.9 Å². The molecule has 2 aliphatic carbocycles. The largest absolute Gasteiger partial charge is 0.479 e. The minimum absolute atomic E-state index is 0.0214. The summed E-state index contributed by atoms with van der Waals surface area (Å²) in [5, 5.41) is 61.9. The summed E-state index contributed by atoms with van der Waals surface area (Å²) in [6, 6.07) is 0. The van der Waals surface area contributed by atoms with Gasteiger partial charge in [0.2, 0.25) is 0 Å². The standard InChI is InChI=1S/C27H44O13/c1-3-13-5-4-6-14(20(13)40-25-19(32)18(31)16(29)12(2)36-25)37-26-22-21(17(30)15(11-28)38-26)39-23(24(33)34)27(7-8-27)9-10-35-22/h12-23,25-26,28-32H,3-11H2,1-2H3,(H,33,34)/t12?,13-,14-,15?,16-,17+,18?,19+,20?,21?,22?,23+,25?,26-/m1/s1. The summed E-state index contributed by atoms with van der Waals surface area (Å²) in [5.74, 6) is -1.08. The molecule has 5 rings (SSSR count). The normalized spacial score (nSPS) is 49.1. The summed E-state index contributed by atoms with van der Waals surface area (Å²) in [7, 11) is 0. The molecule has 6 N–H and O–H groups in total. The molecule has 3 aliphatic heterocycles. The lowest BCUT2D eigenvalue weighted by atomic mass is 9.82. The number of carboxylic acid groups (broad SMARTS) is 1. The van der Waals surface area contributed by atoms with Crippen LogP contribution in [-0.4, -0.2) is 130 Å². The molecule has 5 aliphatic rings. The quantitative estimate of drug-likeness (QED) is 0.223. The van der Waals surface area contributed by atoms with Crippen molar-refractivity contribution in [3.05, 3.63) is 0 Å². The number of fused-ring (bicyclic) bond motifs is 1. The van der Waals surface area contributed by atoms with Gasteiger partial charge in [-0.05, 0) is 44.9 Å². The number of hydrogen-bond acceptors (Lipinski definition) is 12. The average molecular weight is 577 g/mol. The van der Waals surface area contributed by atoms with E-state index in [1.54, 1.807) is 6.92 Å². The fraction of sp³-hybridized carbons (Fsp3) is 0.963. The van der Waals surface area contributed by atoms with Crippen LogP contribution < -0.4 is 0 Å². The van der Waals surface area contributed by atoms with E-state index in [2.05, 4.69) is 0 Å². The molecule has 230 valence electrons. The fourth-order valence-corrected chi connectivity index (χ4v) is 6.75. The molecular formula is C27H44O13. The Morgan fingerprint density at radius 2 is 1.65 bits per heavy atom. The van der Waals surface area contributed by atoms with Crippen LogP contribution in [0, 0.1) is 11.3 Å². The fourth-order valence-electron chi connectivity index (χ4n) is 6.75. The van der Waals surface area contributed by atoms with Gasteiger partial charge in [0.15, 0.2) is 18.7 Å². The Morgan fingerprint density at radius 1 is 0.900 bits per heavy atom. The predicted molar refractivity (Wildman–Crippen MR) is 134 cm³/mol. The van der Waals surface area contributed by atoms with E-state index in [1.807, 2.05) is 6.92 Å². The Hall–Kier alpha value is -0.970. The summed E-state index contributed by atoms with van der Waals surface area (Å²) >= 11 is 0. The number of hydrogen-bond donors (Lipinski definition) is 6. The summed E-state index contributed by atoms with van der Waals surface area (Å²) in [5.41, 5.74) is -0.535. The van der Waals surface area contributed by atoms with Crippen LogP contribution in [0.25, 0.3) is 0 Å². The molecule has 7 unspecified atom stereocenters. The first kappa shape index (κ1) is 30.5. The van der Waals surface area contributed by atoms with Gasteiger partial charge in [0, 0.05) is 12.0 Å². The van der Waals surface area contributed by atoms with E-state index in [0.717, 1.165) is 19.3 Å². The Bertz CT molecular complexity index is 869. The maximum atomic E-state index is 12.2. The lowest BCUT2D eigenvalue weighted by molar-refractivity contribution is -0.356. The summed E-state index contributed by atoms with van der Waals surface area (Å²) in [4.78, 5) is 12.2. The first-order valence-electron chi connectivity index (χ1n) is 14.5. The third-order valence-corrected chi connectivity index (χ3v) is 9.50. The van der Waals surface area contributed by atoms with Crippen molar-refractivity contribution in [1.82, 2.24) is 0 Å². The molecule has 0 bridgehead atoms. The van der Waals surface area contributed by atoms with Crippen LogP contribution >= 0.6 is 0 Å². The highest BCUT2D eigenvalue weighted by molar-refractivity contribution is 5.74. The molecule has 40 heavy (non-hydrogen) atoms. The van der Waals surface area contributed by atoms with Crippen LogP contribution in [0.2, 0.25) is 0 Å². The summed E-state index contributed by atoms with van der Waals surface area (Å²) in [6.07, 6.45) is -9.20. The van der Waals surface area contributed by atoms with Crippen LogP contribution in [0.5, 0.6) is 0 Å². The average Bonchev–Trinajstić information content (AvgIpc) is 3.71. The molecule has 0 aromatic rings. The van der Waals surface area contributed by atoms with E-state index < -0.39 is 97.7 Å². The first-order valence-corrected chi connectivity index (χ1v) is 14.5. The van der Waals surface area contributed by atoms with E-state index in [-0.39, 0.29) is 12.5 Å². The Morgan fingerprint density at radius 3 is 2.30 bits per heavy atom. The maximum absolute atomic E-state index is 12.2. The smallest absolute Gasteiger partial charge is 0.333 e. The molecule has 13 nitrogen and oxygen atoms in total. The van der Waals surface area contributed by atoms with Crippen molar-refractivity contribution in [1.29, 1.82) is 0 Å². The van der Waals surface area contributed by atoms with Crippen LogP contribution in [0.3, 0.4) is 0 Å². The Balaban J connectivity index is 1.36. The maximum Gasteiger partial charge on any atom is 0.333 e. The van der Waals surface area contributed by atoms with Gasteiger partial charge in [-0.25, -0.2) is 4.79 Å². The van der Waals surface area contributed by atoms with Gasteiger partial charge in [-0.1, -0.05) is 19.8 Å². The van der Waals surface area contributed by atoms with Crippen molar-refractivity contribution in [2.75, 3.05) is 13.2 Å². The zero-order valence-electron chi connectivity index (χ0n) is 23.0. The van der Waals surface area contributed by atoms with Gasteiger partial charge in [-0.15, -0.1) is 0 Å². The van der Waals surface area contributed by atoms with Crippen molar-refractivity contribution in [3.8, 4) is 0 Å². The molecule has 3 saturated heterocycles. The molecule has 0 radical (unpaired) electrons. The van der Waals surface area contributed by atoms with Crippen molar-refractivity contribution >= 4 is 5.97 Å². The second kappa shape index (κ2) is 12.3. The van der Waals surface area contributed by atoms with Crippen molar-refractivity contribution in [2.24, 2.45) is 11.3 Å². The Kier molecular flexibility index (Phi) is 9.40. The van der Waals surface area contributed by atoms with E-state index in [4.69, 9.17) is 28.4 Å². The predicted octanol–water partition coefficient (Wildman–Crippen LogP) is -0.720. The van der Waals surface area contributed by atoms with Crippen LogP contribution in [0.4, 0.5) is 0 Å². The highest BCUT2D eigenvalue weighted by Gasteiger charge is 2.59. The number of aliphatic hydroxyl groups excluding tert-OH is 5. The molecule has 14 atom stereocenters.